The summed E-state index contributed by atoms with van der Waals surface area (Å²) in [6, 6.07) is 37.2. The second-order valence-electron chi connectivity index (χ2n) is 6.21. The molecule has 0 aliphatic heterocycles. The molecule has 5 aromatic rings. The van der Waals surface area contributed by atoms with Crippen LogP contribution in [0.4, 0.5) is 0 Å². The van der Waals surface area contributed by atoms with Gasteiger partial charge in [0.15, 0.2) is 0 Å². The summed E-state index contributed by atoms with van der Waals surface area (Å²) in [4.78, 5) is 0. The minimum absolute atomic E-state index is 0. The number of fused-ring (bicyclic) bond motifs is 3. The minimum atomic E-state index is 0. The van der Waals surface area contributed by atoms with Crippen LogP contribution >= 0.6 is 0 Å². The molecule has 5 rings (SSSR count). The van der Waals surface area contributed by atoms with Crippen LogP contribution in [-0.2, 0) is 32.7 Å². The Morgan fingerprint density at radius 2 is 1.18 bits per heavy atom. The molecule has 1 aromatic heterocycles. The molecule has 1 heterocycles. The molecule has 0 N–H and O–H groups in total. The van der Waals surface area contributed by atoms with E-state index < -0.39 is 0 Å². The zero-order valence-corrected chi connectivity index (χ0v) is 19.1. The Bertz CT molecular complexity index is 1140. The predicted molar refractivity (Wildman–Crippen MR) is 116 cm³/mol. The van der Waals surface area contributed by atoms with Gasteiger partial charge in [0.25, 0.3) is 0 Å². The van der Waals surface area contributed by atoms with Gasteiger partial charge in [-0.05, 0) is 29.8 Å². The van der Waals surface area contributed by atoms with E-state index in [2.05, 4.69) is 95.6 Å². The van der Waals surface area contributed by atoms with Gasteiger partial charge in [-0.2, -0.15) is 30.3 Å². The van der Waals surface area contributed by atoms with Gasteiger partial charge in [0.1, 0.15) is 0 Å². The van der Waals surface area contributed by atoms with Crippen molar-refractivity contribution in [3.8, 4) is 16.8 Å². The van der Waals surface area contributed by atoms with Crippen molar-refractivity contribution < 1.29 is 32.7 Å². The van der Waals surface area contributed by atoms with E-state index in [4.69, 9.17) is 0 Å². The van der Waals surface area contributed by atoms with Crippen molar-refractivity contribution in [2.75, 3.05) is 0 Å². The molecule has 0 aliphatic rings. The molecule has 1 radical (unpaired) electrons. The van der Waals surface area contributed by atoms with E-state index in [0.29, 0.717) is 0 Å². The van der Waals surface area contributed by atoms with E-state index in [0.717, 1.165) is 0 Å². The molecule has 0 spiro atoms. The number of rotatable bonds is 2. The summed E-state index contributed by atoms with van der Waals surface area (Å²) in [7, 11) is 0. The third kappa shape index (κ3) is 3.70. The van der Waals surface area contributed by atoms with Crippen LogP contribution in [0.2, 0.25) is 0 Å². The van der Waals surface area contributed by atoms with Crippen molar-refractivity contribution in [2.24, 2.45) is 0 Å². The smallest absolute Gasteiger partial charge is 0.0541 e. The fourth-order valence-electron chi connectivity index (χ4n) is 3.60. The quantitative estimate of drug-likeness (QED) is 0.256. The first-order valence-electron chi connectivity index (χ1n) is 9.47. The van der Waals surface area contributed by atoms with Gasteiger partial charge in [0.2, 0.25) is 0 Å². The molecule has 1 nitrogen and oxygen atoms in total. The van der Waals surface area contributed by atoms with Crippen LogP contribution < -0.4 is 0 Å². The zero-order valence-electron chi connectivity index (χ0n) is 16.3. The van der Waals surface area contributed by atoms with E-state index in [9.17, 15) is 0 Å². The molecule has 0 atom stereocenters. The topological polar surface area (TPSA) is 4.93 Å². The van der Waals surface area contributed by atoms with Crippen molar-refractivity contribution >= 4 is 21.8 Å². The summed E-state index contributed by atoms with van der Waals surface area (Å²) < 4.78 is 2.35. The molecule has 135 valence electrons. The number of para-hydroxylation sites is 2. The summed E-state index contributed by atoms with van der Waals surface area (Å²) in [5, 5.41) is 2.58. The van der Waals surface area contributed by atoms with E-state index in [-0.39, 0.29) is 32.7 Å². The van der Waals surface area contributed by atoms with E-state index in [1.807, 2.05) is 26.0 Å². The SMILES string of the molecule is CC.[Y].[c-]1ccc(-c2cccc(-n3c4ccccc4c4ccccc43)c2)cc1. The molecule has 0 fully saturated rings. The van der Waals surface area contributed by atoms with Gasteiger partial charge in [-0.3, -0.25) is 0 Å². The number of nitrogens with zero attached hydrogens (tertiary/aromatic N) is 1. The van der Waals surface area contributed by atoms with Crippen molar-refractivity contribution in [1.82, 2.24) is 4.57 Å². The zero-order chi connectivity index (χ0) is 18.6. The van der Waals surface area contributed by atoms with Crippen LogP contribution in [0.5, 0.6) is 0 Å². The molecule has 2 heteroatoms. The molecule has 0 aliphatic carbocycles. The fourth-order valence-corrected chi connectivity index (χ4v) is 3.60. The normalized spacial score (nSPS) is 10.2. The Morgan fingerprint density at radius 1 is 0.607 bits per heavy atom. The summed E-state index contributed by atoms with van der Waals surface area (Å²) in [6.07, 6.45) is 0. The third-order valence-corrected chi connectivity index (χ3v) is 4.74. The molecule has 4 aromatic carbocycles. The van der Waals surface area contributed by atoms with Crippen molar-refractivity contribution in [3.63, 3.8) is 0 Å². The summed E-state index contributed by atoms with van der Waals surface area (Å²) in [6.45, 7) is 4.00. The van der Waals surface area contributed by atoms with Gasteiger partial charge < -0.3 is 4.57 Å². The minimum Gasteiger partial charge on any atom is -0.309 e. The Hall–Kier alpha value is -2.22. The molecular formula is C26H22NY-. The monoisotopic (exact) mass is 437 g/mol. The largest absolute Gasteiger partial charge is 0.309 e. The fraction of sp³-hybridized carbons (Fsp3) is 0.0769. The average molecular weight is 437 g/mol. The standard InChI is InChI=1S/C24H16N.C2H6.Y/c1-2-9-18(10-3-1)19-11-8-12-20(17-19)25-23-15-6-4-13-21(23)22-14-5-7-16-24(22)25;1-2;/h2-17H;1-2H3;/q-1;;. The number of hydrogen-bond acceptors (Lipinski definition) is 0. The van der Waals surface area contributed by atoms with Crippen LogP contribution in [0.1, 0.15) is 13.8 Å². The summed E-state index contributed by atoms with van der Waals surface area (Å²) >= 11 is 0. The molecule has 0 saturated heterocycles. The maximum absolute atomic E-state index is 3.09. The maximum atomic E-state index is 3.09. The van der Waals surface area contributed by atoms with Gasteiger partial charge in [0, 0.05) is 49.2 Å². The van der Waals surface area contributed by atoms with Gasteiger partial charge in [-0.1, -0.05) is 62.4 Å². The predicted octanol–water partition coefficient (Wildman–Crippen LogP) is 7.27. The molecule has 28 heavy (non-hydrogen) atoms. The number of benzene rings is 4. The van der Waals surface area contributed by atoms with Gasteiger partial charge in [0.05, 0.1) is 11.0 Å². The van der Waals surface area contributed by atoms with Crippen LogP contribution in [0.25, 0.3) is 38.6 Å². The summed E-state index contributed by atoms with van der Waals surface area (Å²) in [5.74, 6) is 0. The number of hydrogen-bond donors (Lipinski definition) is 0. The van der Waals surface area contributed by atoms with Gasteiger partial charge in [-0.25, -0.2) is 0 Å². The van der Waals surface area contributed by atoms with Gasteiger partial charge in [-0.15, -0.1) is 5.56 Å². The molecule has 0 bridgehead atoms. The Balaban J connectivity index is 0.000000728. The van der Waals surface area contributed by atoms with Crippen LogP contribution in [0.15, 0.2) is 97.1 Å². The van der Waals surface area contributed by atoms with E-state index >= 15 is 0 Å². The van der Waals surface area contributed by atoms with Crippen molar-refractivity contribution in [1.29, 1.82) is 0 Å². The third-order valence-electron chi connectivity index (χ3n) is 4.74. The Kier molecular flexibility index (Phi) is 6.83. The van der Waals surface area contributed by atoms with Gasteiger partial charge >= 0.3 is 0 Å². The number of aromatic nitrogens is 1. The second kappa shape index (κ2) is 9.32. The maximum Gasteiger partial charge on any atom is 0.0541 e. The average Bonchev–Trinajstić information content (AvgIpc) is 3.10. The first-order valence-corrected chi connectivity index (χ1v) is 9.47. The molecule has 0 saturated carbocycles. The van der Waals surface area contributed by atoms with Crippen LogP contribution in [0.3, 0.4) is 0 Å². The second-order valence-corrected chi connectivity index (χ2v) is 6.21. The Morgan fingerprint density at radius 3 is 1.79 bits per heavy atom. The summed E-state index contributed by atoms with van der Waals surface area (Å²) in [5.41, 5.74) is 6.09. The van der Waals surface area contributed by atoms with E-state index in [1.165, 1.54) is 38.6 Å². The van der Waals surface area contributed by atoms with Crippen LogP contribution in [0, 0.1) is 6.07 Å². The van der Waals surface area contributed by atoms with Crippen LogP contribution in [-0.4, -0.2) is 4.57 Å². The Labute approximate surface area is 191 Å². The molecular weight excluding hydrogens is 415 g/mol. The van der Waals surface area contributed by atoms with Crippen molar-refractivity contribution in [2.45, 2.75) is 13.8 Å². The molecule has 0 amide bonds. The van der Waals surface area contributed by atoms with Crippen molar-refractivity contribution in [3.05, 3.63) is 103 Å². The molecule has 0 unspecified atom stereocenters. The first kappa shape index (κ1) is 20.5. The first-order chi connectivity index (χ1) is 13.4. The van der Waals surface area contributed by atoms with E-state index in [1.54, 1.807) is 0 Å².